The van der Waals surface area contributed by atoms with Gasteiger partial charge in [-0.1, -0.05) is 30.3 Å². The molecule has 21 heavy (non-hydrogen) atoms. The molecule has 0 saturated carbocycles. The Morgan fingerprint density at radius 2 is 1.95 bits per heavy atom. The molecule has 1 aliphatic heterocycles. The van der Waals surface area contributed by atoms with Crippen molar-refractivity contribution < 1.29 is 18.8 Å². The maximum Gasteiger partial charge on any atom is 0.310 e. The lowest BCUT2D eigenvalue weighted by Gasteiger charge is -2.16. The highest BCUT2D eigenvalue weighted by molar-refractivity contribution is 6.09. The first-order valence-electron chi connectivity index (χ1n) is 8.01. The molecule has 0 radical (unpaired) electrons. The van der Waals surface area contributed by atoms with Crippen LogP contribution in [0.2, 0.25) is 0 Å². The number of carbonyl (C=O) groups is 2. The maximum absolute atomic E-state index is 12.4. The van der Waals surface area contributed by atoms with E-state index in [0.29, 0.717) is 17.8 Å². The fraction of sp³-hybridized carbons (Fsp3) is 0.176. The normalized spacial score (nSPS) is 17.6. The Morgan fingerprint density at radius 1 is 1.24 bits per heavy atom. The summed E-state index contributed by atoms with van der Waals surface area (Å²) < 4.78 is 22.2. The molecule has 1 amide bonds. The fourth-order valence-corrected chi connectivity index (χ4v) is 2.45. The molecule has 0 spiro atoms. The molecule has 3 rings (SSSR count). The maximum atomic E-state index is 12.4. The topological polar surface area (TPSA) is 57.6 Å². The highest BCUT2D eigenvalue weighted by Gasteiger charge is 2.28. The molecule has 1 heterocycles. The molecule has 1 N–H and O–H groups in total. The molecule has 1 unspecified atom stereocenters. The van der Waals surface area contributed by atoms with Crippen molar-refractivity contribution in [3.05, 3.63) is 65.2 Å². The Hall–Kier alpha value is -2.62. The summed E-state index contributed by atoms with van der Waals surface area (Å²) in [5.41, 5.74) is 2.37. The predicted octanol–water partition coefficient (Wildman–Crippen LogP) is 3.04. The number of hydrogen-bond donors (Lipinski definition) is 1. The molecule has 4 heteroatoms. The van der Waals surface area contributed by atoms with Gasteiger partial charge in [-0.25, -0.2) is 0 Å². The first-order valence-corrected chi connectivity index (χ1v) is 6.51. The van der Waals surface area contributed by atoms with Crippen LogP contribution in [0.1, 0.15) is 38.4 Å². The van der Waals surface area contributed by atoms with E-state index < -0.39 is 18.7 Å². The van der Waals surface area contributed by atoms with Crippen molar-refractivity contribution in [1.29, 1.82) is 0 Å². The van der Waals surface area contributed by atoms with Crippen molar-refractivity contribution >= 4 is 17.6 Å². The fourth-order valence-electron chi connectivity index (χ4n) is 2.45. The highest BCUT2D eigenvalue weighted by Crippen LogP contribution is 2.29. The summed E-state index contributed by atoms with van der Waals surface area (Å²) in [6, 6.07) is 13.4. The van der Waals surface area contributed by atoms with Crippen LogP contribution in [0, 0.1) is 0 Å². The van der Waals surface area contributed by atoms with E-state index in [2.05, 4.69) is 0 Å². The number of aliphatic carboxylic acids is 1. The summed E-state index contributed by atoms with van der Waals surface area (Å²) in [5.74, 6) is -3.10. The first kappa shape index (κ1) is 10.2. The van der Waals surface area contributed by atoms with Crippen LogP contribution in [0.3, 0.4) is 0 Å². The van der Waals surface area contributed by atoms with Crippen LogP contribution in [0.15, 0.2) is 48.5 Å². The molecule has 0 fully saturated rings. The number of carbonyl (C=O) groups excluding carboxylic acids is 1. The van der Waals surface area contributed by atoms with Crippen LogP contribution in [0.5, 0.6) is 0 Å². The van der Waals surface area contributed by atoms with Gasteiger partial charge in [0, 0.05) is 15.4 Å². The minimum absolute atomic E-state index is 0.121. The smallest absolute Gasteiger partial charge is 0.310 e. The lowest BCUT2D eigenvalue weighted by Crippen LogP contribution is -2.23. The standard InChI is InChI=1S/C17H15NO3/c1-11(17(20)21)12-6-8-14(9-7-12)18-10-13-4-2-3-5-15(13)16(18)19/h2-9,11H,10H2,1H3,(H,20,21)/i1D3. The average molecular weight is 284 g/mol. The Bertz CT molecular complexity index is 799. The SMILES string of the molecule is [2H]C([2H])([2H])C(C(=O)O)c1ccc(N2Cc3ccccc3C2=O)cc1. The van der Waals surface area contributed by atoms with E-state index in [1.54, 1.807) is 29.2 Å². The molecule has 106 valence electrons. The van der Waals surface area contributed by atoms with Gasteiger partial charge in [0.1, 0.15) is 0 Å². The van der Waals surface area contributed by atoms with Gasteiger partial charge in [-0.2, -0.15) is 0 Å². The largest absolute Gasteiger partial charge is 0.481 e. The van der Waals surface area contributed by atoms with Crippen LogP contribution < -0.4 is 4.90 Å². The average Bonchev–Trinajstić information content (AvgIpc) is 2.84. The number of fused-ring (bicyclic) bond motifs is 1. The summed E-state index contributed by atoms with van der Waals surface area (Å²) in [5, 5.41) is 9.18. The van der Waals surface area contributed by atoms with Crippen LogP contribution in [-0.2, 0) is 11.3 Å². The van der Waals surface area contributed by atoms with E-state index in [-0.39, 0.29) is 11.5 Å². The van der Waals surface area contributed by atoms with Crippen LogP contribution in [0.25, 0.3) is 0 Å². The Labute approximate surface area is 126 Å². The summed E-state index contributed by atoms with van der Waals surface area (Å²) in [6.07, 6.45) is 0. The van der Waals surface area contributed by atoms with E-state index in [4.69, 9.17) is 4.11 Å². The quantitative estimate of drug-likeness (QED) is 0.942. The van der Waals surface area contributed by atoms with Gasteiger partial charge in [-0.3, -0.25) is 9.59 Å². The number of rotatable bonds is 3. The summed E-state index contributed by atoms with van der Waals surface area (Å²) in [7, 11) is 0. The number of hydrogen-bond acceptors (Lipinski definition) is 2. The van der Waals surface area contributed by atoms with Crippen LogP contribution in [0.4, 0.5) is 5.69 Å². The third-order valence-electron chi connectivity index (χ3n) is 3.61. The molecule has 0 saturated heterocycles. The zero-order valence-corrected chi connectivity index (χ0v) is 11.1. The van der Waals surface area contributed by atoms with E-state index in [0.717, 1.165) is 5.56 Å². The van der Waals surface area contributed by atoms with Gasteiger partial charge >= 0.3 is 5.97 Å². The van der Waals surface area contributed by atoms with Gasteiger partial charge in [0.25, 0.3) is 5.91 Å². The molecule has 0 bridgehead atoms. The van der Waals surface area contributed by atoms with Crippen molar-refractivity contribution in [2.75, 3.05) is 4.90 Å². The third kappa shape index (κ3) is 2.29. The Balaban J connectivity index is 1.89. The molecular formula is C17H15NO3. The minimum Gasteiger partial charge on any atom is -0.481 e. The second-order valence-electron chi connectivity index (χ2n) is 4.91. The lowest BCUT2D eigenvalue weighted by atomic mass is 10.0. The van der Waals surface area contributed by atoms with Gasteiger partial charge in [0.15, 0.2) is 0 Å². The summed E-state index contributed by atoms with van der Waals surface area (Å²) in [6.45, 7) is -2.19. The minimum atomic E-state index is -2.63. The molecule has 0 aromatic heterocycles. The van der Waals surface area contributed by atoms with E-state index in [1.807, 2.05) is 12.1 Å². The summed E-state index contributed by atoms with van der Waals surface area (Å²) in [4.78, 5) is 25.3. The zero-order valence-electron chi connectivity index (χ0n) is 14.1. The molecule has 1 aliphatic rings. The second kappa shape index (κ2) is 5.05. The highest BCUT2D eigenvalue weighted by atomic mass is 16.4. The number of anilines is 1. The summed E-state index contributed by atoms with van der Waals surface area (Å²) >= 11 is 0. The molecule has 2 aromatic rings. The molecule has 2 aromatic carbocycles. The van der Waals surface area contributed by atoms with Crippen molar-refractivity contribution in [3.8, 4) is 0 Å². The van der Waals surface area contributed by atoms with E-state index in [9.17, 15) is 14.7 Å². The number of amides is 1. The van der Waals surface area contributed by atoms with Gasteiger partial charge in [0.05, 0.1) is 12.5 Å². The number of nitrogens with zero attached hydrogens (tertiary/aromatic N) is 1. The van der Waals surface area contributed by atoms with Crippen LogP contribution >= 0.6 is 0 Å². The van der Waals surface area contributed by atoms with Crippen molar-refractivity contribution in [1.82, 2.24) is 0 Å². The van der Waals surface area contributed by atoms with Gasteiger partial charge < -0.3 is 10.0 Å². The van der Waals surface area contributed by atoms with Crippen LogP contribution in [-0.4, -0.2) is 17.0 Å². The molecule has 0 aliphatic carbocycles. The Kier molecular flexibility index (Phi) is 2.44. The van der Waals surface area contributed by atoms with E-state index in [1.165, 1.54) is 12.1 Å². The van der Waals surface area contributed by atoms with Gasteiger partial charge in [-0.15, -0.1) is 0 Å². The van der Waals surface area contributed by atoms with Gasteiger partial charge in [0.2, 0.25) is 0 Å². The third-order valence-corrected chi connectivity index (χ3v) is 3.61. The number of carboxylic acid groups (broad SMARTS) is 1. The number of carboxylic acids is 1. The van der Waals surface area contributed by atoms with Gasteiger partial charge in [-0.05, 0) is 36.2 Å². The zero-order chi connectivity index (χ0) is 17.5. The second-order valence-corrected chi connectivity index (χ2v) is 4.91. The van der Waals surface area contributed by atoms with E-state index >= 15 is 0 Å². The van der Waals surface area contributed by atoms with Crippen molar-refractivity contribution in [2.24, 2.45) is 0 Å². The molecule has 4 nitrogen and oxygen atoms in total. The number of benzene rings is 2. The molecule has 1 atom stereocenters. The van der Waals surface area contributed by atoms with Crippen molar-refractivity contribution in [3.63, 3.8) is 0 Å². The Morgan fingerprint density at radius 3 is 2.57 bits per heavy atom. The molecular weight excluding hydrogens is 266 g/mol. The van der Waals surface area contributed by atoms with Crippen molar-refractivity contribution in [2.45, 2.75) is 19.3 Å². The lowest BCUT2D eigenvalue weighted by molar-refractivity contribution is -0.138. The first-order chi connectivity index (χ1) is 11.3. The predicted molar refractivity (Wildman–Crippen MR) is 79.4 cm³/mol. The monoisotopic (exact) mass is 284 g/mol.